The zero-order valence-electron chi connectivity index (χ0n) is 17.5. The number of amides is 1. The van der Waals surface area contributed by atoms with Crippen LogP contribution in [0.25, 0.3) is 10.9 Å². The van der Waals surface area contributed by atoms with Crippen LogP contribution >= 0.6 is 11.8 Å². The van der Waals surface area contributed by atoms with Crippen LogP contribution in [0.1, 0.15) is 25.8 Å². The second-order valence-electron chi connectivity index (χ2n) is 8.32. The molecule has 6 heteroatoms. The number of para-hydroxylation sites is 1. The van der Waals surface area contributed by atoms with Crippen LogP contribution in [0.3, 0.4) is 0 Å². The number of carbonyl (C=O) groups excluding carboxylic acids is 1. The van der Waals surface area contributed by atoms with Crippen molar-refractivity contribution in [3.8, 4) is 0 Å². The summed E-state index contributed by atoms with van der Waals surface area (Å²) in [6, 6.07) is 17.3. The maximum atomic E-state index is 13.2. The second-order valence-corrected chi connectivity index (χ2v) is 9.26. The molecule has 1 saturated heterocycles. The number of thioether (sulfide) groups is 1. The van der Waals surface area contributed by atoms with Gasteiger partial charge < -0.3 is 4.90 Å². The average Bonchev–Trinajstić information content (AvgIpc) is 2.74. The van der Waals surface area contributed by atoms with Crippen molar-refractivity contribution in [3.63, 3.8) is 0 Å². The van der Waals surface area contributed by atoms with Crippen LogP contribution in [0.5, 0.6) is 0 Å². The van der Waals surface area contributed by atoms with Gasteiger partial charge >= 0.3 is 0 Å². The summed E-state index contributed by atoms with van der Waals surface area (Å²) < 4.78 is 1.69. The van der Waals surface area contributed by atoms with E-state index in [2.05, 4.69) is 13.8 Å². The monoisotopic (exact) mass is 421 g/mol. The van der Waals surface area contributed by atoms with Gasteiger partial charge in [-0.15, -0.1) is 0 Å². The molecule has 4 rings (SSSR count). The van der Waals surface area contributed by atoms with E-state index in [1.807, 2.05) is 59.5 Å². The number of likely N-dealkylation sites (tertiary alicyclic amines) is 1. The molecule has 156 valence electrons. The molecule has 1 aromatic heterocycles. The third kappa shape index (κ3) is 4.59. The Morgan fingerprint density at radius 2 is 1.70 bits per heavy atom. The van der Waals surface area contributed by atoms with Crippen molar-refractivity contribution in [1.29, 1.82) is 0 Å². The Hall–Kier alpha value is -2.60. The van der Waals surface area contributed by atoms with Crippen molar-refractivity contribution in [2.24, 2.45) is 11.8 Å². The van der Waals surface area contributed by atoms with E-state index >= 15 is 0 Å². The molecule has 1 aliphatic heterocycles. The van der Waals surface area contributed by atoms with Crippen LogP contribution in [0.2, 0.25) is 0 Å². The Kier molecular flexibility index (Phi) is 6.23. The maximum Gasteiger partial charge on any atom is 0.262 e. The lowest BCUT2D eigenvalue weighted by Crippen LogP contribution is -2.43. The topological polar surface area (TPSA) is 55.2 Å². The third-order valence-electron chi connectivity index (χ3n) is 5.56. The molecule has 1 fully saturated rings. The van der Waals surface area contributed by atoms with Gasteiger partial charge in [-0.1, -0.05) is 68.1 Å². The van der Waals surface area contributed by atoms with Crippen LogP contribution in [0.15, 0.2) is 64.5 Å². The van der Waals surface area contributed by atoms with Crippen molar-refractivity contribution in [2.75, 3.05) is 18.8 Å². The van der Waals surface area contributed by atoms with E-state index in [-0.39, 0.29) is 11.5 Å². The smallest absolute Gasteiger partial charge is 0.262 e. The van der Waals surface area contributed by atoms with Gasteiger partial charge in [0.15, 0.2) is 5.16 Å². The minimum atomic E-state index is -0.0698. The fourth-order valence-corrected chi connectivity index (χ4v) is 5.15. The Balaban J connectivity index is 1.61. The highest BCUT2D eigenvalue weighted by Crippen LogP contribution is 2.24. The van der Waals surface area contributed by atoms with E-state index in [0.29, 0.717) is 40.2 Å². The summed E-state index contributed by atoms with van der Waals surface area (Å²) >= 11 is 1.36. The summed E-state index contributed by atoms with van der Waals surface area (Å²) in [5.41, 5.74) is 1.63. The van der Waals surface area contributed by atoms with Gasteiger partial charge in [-0.3, -0.25) is 14.2 Å². The van der Waals surface area contributed by atoms with Crippen LogP contribution in [-0.2, 0) is 11.3 Å². The normalized spacial score (nSPS) is 19.2. The van der Waals surface area contributed by atoms with Gasteiger partial charge in [0.25, 0.3) is 5.56 Å². The number of rotatable bonds is 5. The van der Waals surface area contributed by atoms with Gasteiger partial charge in [0.2, 0.25) is 5.91 Å². The van der Waals surface area contributed by atoms with Crippen molar-refractivity contribution < 1.29 is 4.79 Å². The summed E-state index contributed by atoms with van der Waals surface area (Å²) in [5.74, 6) is 1.46. The molecule has 2 aromatic carbocycles. The van der Waals surface area contributed by atoms with Gasteiger partial charge in [0, 0.05) is 13.1 Å². The van der Waals surface area contributed by atoms with Crippen LogP contribution < -0.4 is 5.56 Å². The summed E-state index contributed by atoms with van der Waals surface area (Å²) in [7, 11) is 0. The summed E-state index contributed by atoms with van der Waals surface area (Å²) in [5, 5.41) is 1.19. The van der Waals surface area contributed by atoms with E-state index in [4.69, 9.17) is 4.98 Å². The number of nitrogens with zero attached hydrogens (tertiary/aromatic N) is 3. The molecule has 0 bridgehead atoms. The number of hydrogen-bond donors (Lipinski definition) is 0. The first-order valence-corrected chi connectivity index (χ1v) is 11.4. The standard InChI is InChI=1S/C24H27N3O2S/c1-17-12-18(2)14-26(13-17)22(28)16-30-24-25-21-11-7-6-10-20(21)23(29)27(24)15-19-8-4-3-5-9-19/h3-11,17-18H,12-16H2,1-2H3/t17-,18-/m0/s1. The van der Waals surface area contributed by atoms with Gasteiger partial charge in [-0.05, 0) is 36.0 Å². The highest BCUT2D eigenvalue weighted by molar-refractivity contribution is 7.99. The van der Waals surface area contributed by atoms with Gasteiger partial charge in [0.1, 0.15) is 0 Å². The molecule has 0 saturated carbocycles. The molecule has 30 heavy (non-hydrogen) atoms. The molecular weight excluding hydrogens is 394 g/mol. The molecule has 0 N–H and O–H groups in total. The maximum absolute atomic E-state index is 13.2. The van der Waals surface area contributed by atoms with Crippen LogP contribution in [0.4, 0.5) is 0 Å². The molecular formula is C24H27N3O2S. The predicted molar refractivity (Wildman–Crippen MR) is 122 cm³/mol. The van der Waals surface area contributed by atoms with Gasteiger partial charge in [-0.25, -0.2) is 4.98 Å². The van der Waals surface area contributed by atoms with E-state index in [1.54, 1.807) is 4.57 Å². The van der Waals surface area contributed by atoms with Crippen molar-refractivity contribution in [2.45, 2.75) is 32.0 Å². The lowest BCUT2D eigenvalue weighted by molar-refractivity contribution is -0.130. The minimum absolute atomic E-state index is 0.0698. The number of piperidine rings is 1. The van der Waals surface area contributed by atoms with Crippen molar-refractivity contribution >= 4 is 28.6 Å². The molecule has 3 aromatic rings. The lowest BCUT2D eigenvalue weighted by Gasteiger charge is -2.35. The van der Waals surface area contributed by atoms with Crippen LogP contribution in [0, 0.1) is 11.8 Å². The number of benzene rings is 2. The summed E-state index contributed by atoms with van der Waals surface area (Å²) in [4.78, 5) is 32.8. The molecule has 5 nitrogen and oxygen atoms in total. The highest BCUT2D eigenvalue weighted by atomic mass is 32.2. The van der Waals surface area contributed by atoms with Gasteiger partial charge in [0.05, 0.1) is 23.2 Å². The van der Waals surface area contributed by atoms with Crippen molar-refractivity contribution in [1.82, 2.24) is 14.5 Å². The van der Waals surface area contributed by atoms with E-state index < -0.39 is 0 Å². The zero-order valence-corrected chi connectivity index (χ0v) is 18.3. The van der Waals surface area contributed by atoms with E-state index in [9.17, 15) is 9.59 Å². The fraction of sp³-hybridized carbons (Fsp3) is 0.375. The molecule has 1 aliphatic rings. The molecule has 0 aliphatic carbocycles. The quantitative estimate of drug-likeness (QED) is 0.461. The highest BCUT2D eigenvalue weighted by Gasteiger charge is 2.25. The molecule has 1 amide bonds. The largest absolute Gasteiger partial charge is 0.341 e. The number of hydrogen-bond acceptors (Lipinski definition) is 4. The molecule has 0 unspecified atom stereocenters. The number of aromatic nitrogens is 2. The Bertz CT molecular complexity index is 1090. The Labute approximate surface area is 181 Å². The molecule has 2 heterocycles. The molecule has 2 atom stereocenters. The van der Waals surface area contributed by atoms with E-state index in [0.717, 1.165) is 18.7 Å². The first-order valence-electron chi connectivity index (χ1n) is 10.5. The van der Waals surface area contributed by atoms with E-state index in [1.165, 1.54) is 18.2 Å². The average molecular weight is 422 g/mol. The minimum Gasteiger partial charge on any atom is -0.341 e. The Morgan fingerprint density at radius 3 is 2.43 bits per heavy atom. The first-order chi connectivity index (χ1) is 14.5. The Morgan fingerprint density at radius 1 is 1.03 bits per heavy atom. The molecule has 0 radical (unpaired) electrons. The lowest BCUT2D eigenvalue weighted by atomic mass is 9.92. The third-order valence-corrected chi connectivity index (χ3v) is 6.52. The summed E-state index contributed by atoms with van der Waals surface area (Å²) in [6.07, 6.45) is 1.17. The number of fused-ring (bicyclic) bond motifs is 1. The van der Waals surface area contributed by atoms with Gasteiger partial charge in [-0.2, -0.15) is 0 Å². The first kappa shape index (κ1) is 20.7. The molecule has 0 spiro atoms. The fourth-order valence-electron chi connectivity index (χ4n) is 4.25. The van der Waals surface area contributed by atoms with Crippen molar-refractivity contribution in [3.05, 3.63) is 70.5 Å². The SMILES string of the molecule is C[C@H]1C[C@H](C)CN(C(=O)CSc2nc3ccccc3c(=O)n2Cc2ccccc2)C1. The number of carbonyl (C=O) groups is 1. The summed E-state index contributed by atoms with van der Waals surface area (Å²) in [6.45, 7) is 6.46. The van der Waals surface area contributed by atoms with Crippen LogP contribution in [-0.4, -0.2) is 39.2 Å². The predicted octanol–water partition coefficient (Wildman–Crippen LogP) is 4.04. The zero-order chi connectivity index (χ0) is 21.1. The second kappa shape index (κ2) is 9.04.